The Morgan fingerprint density at radius 3 is 2.77 bits per heavy atom. The molecule has 6 nitrogen and oxygen atoms in total. The van der Waals surface area contributed by atoms with Crippen molar-refractivity contribution in [2.75, 3.05) is 13.1 Å². The number of amides is 1. The van der Waals surface area contributed by atoms with Crippen molar-refractivity contribution in [3.63, 3.8) is 0 Å². The van der Waals surface area contributed by atoms with Crippen LogP contribution in [0, 0.1) is 18.7 Å². The van der Waals surface area contributed by atoms with Gasteiger partial charge < -0.3 is 5.32 Å². The first-order valence-electron chi connectivity index (χ1n) is 10.7. The first kappa shape index (κ1) is 21.2. The third-order valence-electron chi connectivity index (χ3n) is 5.68. The summed E-state index contributed by atoms with van der Waals surface area (Å²) in [5.41, 5.74) is 5.15. The Bertz CT molecular complexity index is 1090. The highest BCUT2D eigenvalue weighted by Gasteiger charge is 2.23. The molecule has 0 aliphatic carbocycles. The lowest BCUT2D eigenvalue weighted by atomic mass is 9.97. The van der Waals surface area contributed by atoms with Crippen LogP contribution in [0.1, 0.15) is 46.7 Å². The Morgan fingerprint density at radius 1 is 1.19 bits per heavy atom. The van der Waals surface area contributed by atoms with Gasteiger partial charge in [-0.2, -0.15) is 0 Å². The lowest BCUT2D eigenvalue weighted by Crippen LogP contribution is -2.31. The van der Waals surface area contributed by atoms with Gasteiger partial charge in [-0.05, 0) is 42.5 Å². The van der Waals surface area contributed by atoms with E-state index in [0.717, 1.165) is 30.9 Å². The summed E-state index contributed by atoms with van der Waals surface area (Å²) in [6, 6.07) is 13.1. The van der Waals surface area contributed by atoms with Crippen molar-refractivity contribution in [2.24, 2.45) is 5.92 Å². The number of hydrogen-bond donors (Lipinski definition) is 1. The predicted octanol–water partition coefficient (Wildman–Crippen LogP) is 3.66. The summed E-state index contributed by atoms with van der Waals surface area (Å²) in [5, 5.41) is 11.3. The van der Waals surface area contributed by atoms with Gasteiger partial charge in [0.2, 0.25) is 0 Å². The summed E-state index contributed by atoms with van der Waals surface area (Å²) < 4.78 is 15.8. The van der Waals surface area contributed by atoms with E-state index in [1.54, 1.807) is 10.7 Å². The fourth-order valence-corrected chi connectivity index (χ4v) is 4.00. The van der Waals surface area contributed by atoms with Crippen LogP contribution in [0.3, 0.4) is 0 Å². The van der Waals surface area contributed by atoms with Crippen molar-refractivity contribution in [2.45, 2.75) is 40.3 Å². The fourth-order valence-electron chi connectivity index (χ4n) is 4.00. The number of hydrogen-bond acceptors (Lipinski definition) is 4. The molecular formula is C24H28FN5O. The molecule has 0 unspecified atom stereocenters. The predicted molar refractivity (Wildman–Crippen MR) is 117 cm³/mol. The van der Waals surface area contributed by atoms with E-state index in [-0.39, 0.29) is 11.7 Å². The Morgan fingerprint density at radius 2 is 2.00 bits per heavy atom. The normalized spacial score (nSPS) is 14.0. The maximum Gasteiger partial charge on any atom is 0.273 e. The largest absolute Gasteiger partial charge is 0.350 e. The average Bonchev–Trinajstić information content (AvgIpc) is 3.14. The summed E-state index contributed by atoms with van der Waals surface area (Å²) >= 11 is 0. The van der Waals surface area contributed by atoms with Gasteiger partial charge in [-0.1, -0.05) is 49.4 Å². The van der Waals surface area contributed by atoms with Gasteiger partial charge >= 0.3 is 0 Å². The number of rotatable bonds is 6. The van der Waals surface area contributed by atoms with Crippen molar-refractivity contribution >= 4 is 5.91 Å². The quantitative estimate of drug-likeness (QED) is 0.660. The molecule has 0 radical (unpaired) electrons. The monoisotopic (exact) mass is 421 g/mol. The third-order valence-corrected chi connectivity index (χ3v) is 5.68. The van der Waals surface area contributed by atoms with Crippen LogP contribution in [-0.2, 0) is 19.5 Å². The second kappa shape index (κ2) is 8.98. The molecule has 2 heterocycles. The first-order valence-corrected chi connectivity index (χ1v) is 10.7. The summed E-state index contributed by atoms with van der Waals surface area (Å²) in [4.78, 5) is 14.7. The minimum absolute atomic E-state index is 0.163. The summed E-state index contributed by atoms with van der Waals surface area (Å²) in [5.74, 6) is 0.00891. The molecule has 0 bridgehead atoms. The molecule has 4 rings (SSSR count). The molecule has 0 atom stereocenters. The van der Waals surface area contributed by atoms with Crippen LogP contribution in [0.15, 0.2) is 42.5 Å². The smallest absolute Gasteiger partial charge is 0.273 e. The lowest BCUT2D eigenvalue weighted by Gasteiger charge is -2.30. The molecule has 1 amide bonds. The van der Waals surface area contributed by atoms with E-state index in [4.69, 9.17) is 0 Å². The van der Waals surface area contributed by atoms with Gasteiger partial charge in [-0.15, -0.1) is 5.10 Å². The average molecular weight is 422 g/mol. The molecule has 7 heteroatoms. The number of halogens is 1. The van der Waals surface area contributed by atoms with Crippen LogP contribution >= 0.6 is 0 Å². The number of fused-ring (bicyclic) bond motifs is 1. The zero-order valence-electron chi connectivity index (χ0n) is 18.2. The van der Waals surface area contributed by atoms with Gasteiger partial charge in [0, 0.05) is 31.7 Å². The van der Waals surface area contributed by atoms with E-state index in [9.17, 15) is 9.18 Å². The highest BCUT2D eigenvalue weighted by Crippen LogP contribution is 2.27. The number of nitrogens with zero attached hydrogens (tertiary/aromatic N) is 4. The number of benzene rings is 2. The van der Waals surface area contributed by atoms with Crippen LogP contribution < -0.4 is 5.32 Å². The summed E-state index contributed by atoms with van der Waals surface area (Å²) in [6.45, 7) is 8.73. The van der Waals surface area contributed by atoms with E-state index in [2.05, 4.69) is 40.4 Å². The molecule has 0 saturated carbocycles. The summed E-state index contributed by atoms with van der Waals surface area (Å²) in [7, 11) is 0. The van der Waals surface area contributed by atoms with E-state index >= 15 is 0 Å². The Kier molecular flexibility index (Phi) is 6.13. The molecule has 162 valence electrons. The second-order valence-electron chi connectivity index (χ2n) is 8.51. The number of nitrogens with one attached hydrogen (secondary N) is 1. The minimum atomic E-state index is -0.196. The van der Waals surface area contributed by atoms with Crippen LogP contribution in [0.5, 0.6) is 0 Å². The Labute approximate surface area is 182 Å². The molecule has 1 N–H and O–H groups in total. The van der Waals surface area contributed by atoms with Crippen molar-refractivity contribution in [3.8, 4) is 5.69 Å². The molecule has 1 aliphatic heterocycles. The maximum absolute atomic E-state index is 14.1. The number of carbonyl (C=O) groups is 1. The van der Waals surface area contributed by atoms with Crippen LogP contribution in [0.2, 0.25) is 0 Å². The van der Waals surface area contributed by atoms with Gasteiger partial charge in [0.1, 0.15) is 5.82 Å². The van der Waals surface area contributed by atoms with Crippen molar-refractivity contribution in [3.05, 3.63) is 76.4 Å². The SMILES string of the molecule is Cc1c(C(=O)NCC(C)C)nnn1-c1cccc2c1CCN(Cc1ccccc1F)C2. The third kappa shape index (κ3) is 4.51. The fraction of sp³-hybridized carbons (Fsp3) is 0.375. The van der Waals surface area contributed by atoms with Gasteiger partial charge in [0.15, 0.2) is 5.69 Å². The maximum atomic E-state index is 14.1. The van der Waals surface area contributed by atoms with Gasteiger partial charge in [0.05, 0.1) is 11.4 Å². The standard InChI is InChI=1S/C24H28FN5O/c1-16(2)13-26-24(31)23-17(3)30(28-27-23)22-10-6-8-18-14-29(12-11-20(18)22)15-19-7-4-5-9-21(19)25/h4-10,16H,11-15H2,1-3H3,(H,26,31). The molecule has 0 fully saturated rings. The number of carbonyl (C=O) groups excluding carboxylic acids is 1. The minimum Gasteiger partial charge on any atom is -0.350 e. The molecule has 31 heavy (non-hydrogen) atoms. The van der Waals surface area contributed by atoms with Crippen LogP contribution in [0.25, 0.3) is 5.69 Å². The van der Waals surface area contributed by atoms with E-state index in [1.807, 2.05) is 31.2 Å². The van der Waals surface area contributed by atoms with Crippen molar-refractivity contribution in [1.29, 1.82) is 0 Å². The van der Waals surface area contributed by atoms with E-state index in [0.29, 0.717) is 30.3 Å². The first-order chi connectivity index (χ1) is 14.9. The van der Waals surface area contributed by atoms with Gasteiger partial charge in [-0.3, -0.25) is 9.69 Å². The lowest BCUT2D eigenvalue weighted by molar-refractivity contribution is 0.0943. The molecular weight excluding hydrogens is 393 g/mol. The topological polar surface area (TPSA) is 63.1 Å². The van der Waals surface area contributed by atoms with Gasteiger partial charge in [0.25, 0.3) is 5.91 Å². The highest BCUT2D eigenvalue weighted by atomic mass is 19.1. The molecule has 0 saturated heterocycles. The molecule has 0 spiro atoms. The zero-order valence-corrected chi connectivity index (χ0v) is 18.2. The second-order valence-corrected chi connectivity index (χ2v) is 8.51. The number of aromatic nitrogens is 3. The highest BCUT2D eigenvalue weighted by molar-refractivity contribution is 5.93. The van der Waals surface area contributed by atoms with Crippen LogP contribution in [-0.4, -0.2) is 38.9 Å². The van der Waals surface area contributed by atoms with Gasteiger partial charge in [-0.25, -0.2) is 9.07 Å². The van der Waals surface area contributed by atoms with Crippen molar-refractivity contribution < 1.29 is 9.18 Å². The van der Waals surface area contributed by atoms with E-state index in [1.165, 1.54) is 17.2 Å². The zero-order chi connectivity index (χ0) is 22.0. The van der Waals surface area contributed by atoms with E-state index < -0.39 is 0 Å². The Balaban J connectivity index is 1.55. The molecule has 3 aromatic rings. The van der Waals surface area contributed by atoms with Crippen LogP contribution in [0.4, 0.5) is 4.39 Å². The molecule has 1 aromatic heterocycles. The molecule has 1 aliphatic rings. The molecule has 2 aromatic carbocycles. The summed E-state index contributed by atoms with van der Waals surface area (Å²) in [6.07, 6.45) is 0.828. The Hall–Kier alpha value is -3.06. The van der Waals surface area contributed by atoms with Crippen molar-refractivity contribution in [1.82, 2.24) is 25.2 Å².